The van der Waals surface area contributed by atoms with Crippen LogP contribution in [0.15, 0.2) is 60.7 Å². The van der Waals surface area contributed by atoms with Gasteiger partial charge >= 0.3 is 0 Å². The lowest BCUT2D eigenvalue weighted by Crippen LogP contribution is -2.48. The molecule has 2 amide bonds. The van der Waals surface area contributed by atoms with Gasteiger partial charge in [-0.3, -0.25) is 9.59 Å². The number of aryl methyl sites for hydroxylation is 2. The third kappa shape index (κ3) is 6.27. The van der Waals surface area contributed by atoms with Crippen molar-refractivity contribution < 1.29 is 14.3 Å². The molecule has 0 aliphatic carbocycles. The van der Waals surface area contributed by atoms with E-state index in [0.717, 1.165) is 29.9 Å². The number of piperazine rings is 1. The third-order valence-corrected chi connectivity index (χ3v) is 6.43. The zero-order valence-electron chi connectivity index (χ0n) is 19.7. The average molecular weight is 512 g/mol. The number of benzene rings is 3. The Morgan fingerprint density at radius 1 is 0.914 bits per heavy atom. The van der Waals surface area contributed by atoms with Crippen LogP contribution in [0.5, 0.6) is 5.75 Å². The van der Waals surface area contributed by atoms with Gasteiger partial charge in [-0.05, 0) is 79.6 Å². The molecule has 0 unspecified atom stereocenters. The molecule has 3 aromatic rings. The summed E-state index contributed by atoms with van der Waals surface area (Å²) in [5.74, 6) is 0.281. The molecule has 35 heavy (non-hydrogen) atoms. The van der Waals surface area contributed by atoms with Gasteiger partial charge in [0.25, 0.3) is 11.8 Å². The van der Waals surface area contributed by atoms with Gasteiger partial charge < -0.3 is 19.9 Å². The highest BCUT2D eigenvalue weighted by Gasteiger charge is 2.22. The van der Waals surface area contributed by atoms with E-state index in [1.807, 2.05) is 55.1 Å². The van der Waals surface area contributed by atoms with E-state index in [4.69, 9.17) is 27.9 Å². The first-order valence-corrected chi connectivity index (χ1v) is 12.1. The molecule has 3 aromatic carbocycles. The van der Waals surface area contributed by atoms with Crippen molar-refractivity contribution in [1.29, 1.82) is 0 Å². The summed E-state index contributed by atoms with van der Waals surface area (Å²) in [5.41, 5.74) is 4.30. The van der Waals surface area contributed by atoms with Gasteiger partial charge in [-0.15, -0.1) is 0 Å². The topological polar surface area (TPSA) is 61.9 Å². The van der Waals surface area contributed by atoms with Gasteiger partial charge in [0.1, 0.15) is 5.75 Å². The fraction of sp³-hybridized carbons (Fsp3) is 0.259. The first-order chi connectivity index (χ1) is 16.8. The number of nitrogens with zero attached hydrogens (tertiary/aromatic N) is 2. The third-order valence-electron chi connectivity index (χ3n) is 5.90. The van der Waals surface area contributed by atoms with E-state index < -0.39 is 0 Å². The van der Waals surface area contributed by atoms with E-state index in [1.165, 1.54) is 0 Å². The zero-order valence-corrected chi connectivity index (χ0v) is 21.2. The largest absolute Gasteiger partial charge is 0.482 e. The number of anilines is 2. The van der Waals surface area contributed by atoms with Crippen molar-refractivity contribution in [3.05, 3.63) is 87.4 Å². The predicted octanol–water partition coefficient (Wildman–Crippen LogP) is 5.59. The predicted molar refractivity (Wildman–Crippen MR) is 141 cm³/mol. The monoisotopic (exact) mass is 511 g/mol. The lowest BCUT2D eigenvalue weighted by Gasteiger charge is -2.36. The summed E-state index contributed by atoms with van der Waals surface area (Å²) >= 11 is 12.2. The fourth-order valence-electron chi connectivity index (χ4n) is 4.12. The van der Waals surface area contributed by atoms with Crippen LogP contribution >= 0.6 is 23.2 Å². The summed E-state index contributed by atoms with van der Waals surface area (Å²) in [5, 5.41) is 3.96. The summed E-state index contributed by atoms with van der Waals surface area (Å²) < 4.78 is 5.65. The molecule has 1 saturated heterocycles. The zero-order chi connectivity index (χ0) is 24.9. The summed E-state index contributed by atoms with van der Waals surface area (Å²) in [6.45, 7) is 6.47. The molecule has 1 heterocycles. The molecule has 0 aromatic heterocycles. The van der Waals surface area contributed by atoms with Crippen LogP contribution in [0, 0.1) is 13.8 Å². The van der Waals surface area contributed by atoms with Crippen molar-refractivity contribution in [1.82, 2.24) is 4.90 Å². The molecule has 0 spiro atoms. The molecular weight excluding hydrogens is 485 g/mol. The van der Waals surface area contributed by atoms with Crippen molar-refractivity contribution >= 4 is 46.4 Å². The van der Waals surface area contributed by atoms with Crippen LogP contribution in [0.3, 0.4) is 0 Å². The van der Waals surface area contributed by atoms with Gasteiger partial charge in [0.2, 0.25) is 0 Å². The van der Waals surface area contributed by atoms with Crippen LogP contribution in [-0.2, 0) is 4.79 Å². The van der Waals surface area contributed by atoms with E-state index in [1.54, 1.807) is 24.3 Å². The highest BCUT2D eigenvalue weighted by molar-refractivity contribution is 6.32. The number of carbonyl (C=O) groups excluding carboxylic acids is 2. The maximum absolute atomic E-state index is 12.7. The molecule has 0 radical (unpaired) electrons. The fourth-order valence-corrected chi connectivity index (χ4v) is 4.62. The van der Waals surface area contributed by atoms with Crippen LogP contribution in [0.1, 0.15) is 21.5 Å². The molecule has 1 N–H and O–H groups in total. The minimum atomic E-state index is -0.261. The second-order valence-electron chi connectivity index (χ2n) is 8.56. The number of hydrogen-bond acceptors (Lipinski definition) is 4. The molecule has 6 nitrogen and oxygen atoms in total. The Labute approximate surface area is 215 Å². The molecule has 4 rings (SSSR count). The maximum Gasteiger partial charge on any atom is 0.262 e. The lowest BCUT2D eigenvalue weighted by molar-refractivity contribution is -0.118. The van der Waals surface area contributed by atoms with Crippen molar-refractivity contribution in [2.45, 2.75) is 13.8 Å². The summed E-state index contributed by atoms with van der Waals surface area (Å²) in [4.78, 5) is 29.1. The van der Waals surface area contributed by atoms with Crippen molar-refractivity contribution in [3.63, 3.8) is 0 Å². The number of halogens is 2. The summed E-state index contributed by atoms with van der Waals surface area (Å²) in [6, 6.07) is 18.4. The SMILES string of the molecule is Cc1cc(C)c(OCC(=O)Nc2ccc(N3CCN(C(=O)c4ccc(Cl)cc4)CC3)cc2)c(Cl)c1. The van der Waals surface area contributed by atoms with E-state index in [-0.39, 0.29) is 18.4 Å². The van der Waals surface area contributed by atoms with E-state index >= 15 is 0 Å². The van der Waals surface area contributed by atoms with Gasteiger partial charge in [0, 0.05) is 48.1 Å². The molecule has 1 fully saturated rings. The normalized spacial score (nSPS) is 13.5. The van der Waals surface area contributed by atoms with Crippen LogP contribution in [-0.4, -0.2) is 49.5 Å². The maximum atomic E-state index is 12.7. The lowest BCUT2D eigenvalue weighted by atomic mass is 10.1. The average Bonchev–Trinajstić information content (AvgIpc) is 2.84. The standard InChI is InChI=1S/C27H27Cl2N3O3/c1-18-15-19(2)26(24(29)16-18)35-17-25(33)30-22-7-9-23(10-8-22)31-11-13-32(14-12-31)27(34)20-3-5-21(28)6-4-20/h3-10,15-16H,11-14,17H2,1-2H3,(H,30,33). The molecule has 0 atom stereocenters. The Balaban J connectivity index is 1.27. The molecule has 8 heteroatoms. The van der Waals surface area contributed by atoms with Gasteiger partial charge in [0.15, 0.2) is 6.61 Å². The second kappa shape index (κ2) is 11.0. The van der Waals surface area contributed by atoms with Crippen LogP contribution in [0.2, 0.25) is 10.0 Å². The Kier molecular flexibility index (Phi) is 7.83. The van der Waals surface area contributed by atoms with Crippen LogP contribution in [0.4, 0.5) is 11.4 Å². The number of amides is 2. The number of ether oxygens (including phenoxy) is 1. The van der Waals surface area contributed by atoms with Crippen molar-refractivity contribution in [2.24, 2.45) is 0 Å². The Hall–Kier alpha value is -3.22. The Bertz CT molecular complexity index is 1180. The van der Waals surface area contributed by atoms with E-state index in [0.29, 0.717) is 40.1 Å². The number of nitrogens with one attached hydrogen (secondary N) is 1. The summed E-state index contributed by atoms with van der Waals surface area (Å²) in [7, 11) is 0. The molecule has 0 saturated carbocycles. The highest BCUT2D eigenvalue weighted by atomic mass is 35.5. The van der Waals surface area contributed by atoms with Crippen LogP contribution in [0.25, 0.3) is 0 Å². The van der Waals surface area contributed by atoms with Gasteiger partial charge in [-0.2, -0.15) is 0 Å². The second-order valence-corrected chi connectivity index (χ2v) is 9.41. The number of hydrogen-bond donors (Lipinski definition) is 1. The van der Waals surface area contributed by atoms with Crippen LogP contribution < -0.4 is 15.0 Å². The highest BCUT2D eigenvalue weighted by Crippen LogP contribution is 2.29. The van der Waals surface area contributed by atoms with Gasteiger partial charge in [-0.1, -0.05) is 29.3 Å². The molecule has 1 aliphatic heterocycles. The summed E-state index contributed by atoms with van der Waals surface area (Å²) in [6.07, 6.45) is 0. The number of rotatable bonds is 6. The van der Waals surface area contributed by atoms with E-state index in [9.17, 15) is 9.59 Å². The number of carbonyl (C=O) groups is 2. The smallest absolute Gasteiger partial charge is 0.262 e. The Morgan fingerprint density at radius 2 is 1.57 bits per heavy atom. The molecule has 182 valence electrons. The molecular formula is C27H27Cl2N3O3. The minimum absolute atomic E-state index is 0.0173. The molecule has 0 bridgehead atoms. The van der Waals surface area contributed by atoms with Crippen molar-refractivity contribution in [2.75, 3.05) is 43.0 Å². The quantitative estimate of drug-likeness (QED) is 0.468. The van der Waals surface area contributed by atoms with Crippen molar-refractivity contribution in [3.8, 4) is 5.75 Å². The first-order valence-electron chi connectivity index (χ1n) is 11.4. The molecule has 1 aliphatic rings. The van der Waals surface area contributed by atoms with Gasteiger partial charge in [0.05, 0.1) is 5.02 Å². The van der Waals surface area contributed by atoms with E-state index in [2.05, 4.69) is 10.2 Å². The minimum Gasteiger partial charge on any atom is -0.482 e. The van der Waals surface area contributed by atoms with Gasteiger partial charge in [-0.25, -0.2) is 0 Å². The first kappa shape index (κ1) is 24.9. The Morgan fingerprint density at radius 3 is 2.20 bits per heavy atom.